The molecule has 1 amide bonds. The zero-order valence-corrected chi connectivity index (χ0v) is 15.0. The second kappa shape index (κ2) is 8.19. The molecule has 0 aliphatic carbocycles. The average molecular weight is 328 g/mol. The fourth-order valence-corrected chi connectivity index (χ4v) is 3.16. The van der Waals surface area contributed by atoms with Crippen LogP contribution in [0, 0.1) is 17.2 Å². The molecule has 0 atom stereocenters. The molecule has 1 aliphatic rings. The normalized spacial score (nSPS) is 15.8. The molecule has 4 nitrogen and oxygen atoms in total. The lowest BCUT2D eigenvalue weighted by molar-refractivity contribution is 0.0180. The van der Waals surface area contributed by atoms with E-state index < -0.39 is 5.60 Å². The Morgan fingerprint density at radius 2 is 1.96 bits per heavy atom. The zero-order chi connectivity index (χ0) is 17.6. The van der Waals surface area contributed by atoms with Crippen LogP contribution in [0.15, 0.2) is 24.3 Å². The summed E-state index contributed by atoms with van der Waals surface area (Å²) >= 11 is 0. The summed E-state index contributed by atoms with van der Waals surface area (Å²) in [5.41, 5.74) is 1.51. The van der Waals surface area contributed by atoms with E-state index in [0.29, 0.717) is 5.92 Å². The smallest absolute Gasteiger partial charge is 0.410 e. The first-order valence-corrected chi connectivity index (χ1v) is 8.85. The van der Waals surface area contributed by atoms with Gasteiger partial charge in [0.05, 0.1) is 11.6 Å². The number of ether oxygens (including phenoxy) is 1. The first-order valence-electron chi connectivity index (χ1n) is 8.85. The highest BCUT2D eigenvalue weighted by atomic mass is 16.6. The van der Waals surface area contributed by atoms with Crippen molar-refractivity contribution >= 4 is 6.09 Å². The minimum absolute atomic E-state index is 0.191. The molecule has 0 saturated carbocycles. The van der Waals surface area contributed by atoms with E-state index in [0.717, 1.165) is 56.3 Å². The summed E-state index contributed by atoms with van der Waals surface area (Å²) in [6.07, 6.45) is 5.09. The van der Waals surface area contributed by atoms with Gasteiger partial charge in [0.2, 0.25) is 0 Å². The molecule has 1 aromatic carbocycles. The first-order chi connectivity index (χ1) is 11.4. The number of benzene rings is 1. The van der Waals surface area contributed by atoms with Crippen molar-refractivity contribution in [3.63, 3.8) is 0 Å². The van der Waals surface area contributed by atoms with Crippen molar-refractivity contribution in [2.75, 3.05) is 13.1 Å². The predicted molar refractivity (Wildman–Crippen MR) is 94.6 cm³/mol. The lowest BCUT2D eigenvalue weighted by atomic mass is 9.90. The van der Waals surface area contributed by atoms with E-state index in [-0.39, 0.29) is 6.09 Å². The third kappa shape index (κ3) is 5.56. The van der Waals surface area contributed by atoms with Gasteiger partial charge in [0, 0.05) is 13.1 Å². The molecule has 0 spiro atoms. The molecule has 1 aliphatic heterocycles. The SMILES string of the molecule is CC(C)(C)OC(=O)N1CCC(CCCc2ccccc2C#N)CC1. The Bertz CT molecular complexity index is 590. The maximum absolute atomic E-state index is 12.1. The topological polar surface area (TPSA) is 53.3 Å². The standard InChI is InChI=1S/C20H28N2O2/c1-20(2,3)24-19(23)22-13-11-16(12-14-22)7-6-10-17-8-4-5-9-18(17)15-21/h4-5,8-9,16H,6-7,10-14H2,1-3H3. The summed E-state index contributed by atoms with van der Waals surface area (Å²) in [7, 11) is 0. The largest absolute Gasteiger partial charge is 0.444 e. The van der Waals surface area contributed by atoms with Crippen LogP contribution in [0.2, 0.25) is 0 Å². The molecule has 1 saturated heterocycles. The molecular formula is C20H28N2O2. The third-order valence-corrected chi connectivity index (χ3v) is 4.46. The van der Waals surface area contributed by atoms with Crippen LogP contribution < -0.4 is 0 Å². The van der Waals surface area contributed by atoms with Crippen molar-refractivity contribution in [1.29, 1.82) is 5.26 Å². The second-order valence-electron chi connectivity index (χ2n) is 7.57. The molecule has 0 unspecified atom stereocenters. The molecule has 24 heavy (non-hydrogen) atoms. The van der Waals surface area contributed by atoms with E-state index in [1.807, 2.05) is 49.9 Å². The molecule has 2 rings (SSSR count). The van der Waals surface area contributed by atoms with E-state index >= 15 is 0 Å². The number of rotatable bonds is 4. The van der Waals surface area contributed by atoms with Gasteiger partial charge in [-0.2, -0.15) is 5.26 Å². The highest BCUT2D eigenvalue weighted by Crippen LogP contribution is 2.24. The number of likely N-dealkylation sites (tertiary alicyclic amines) is 1. The maximum atomic E-state index is 12.1. The Hall–Kier alpha value is -2.02. The van der Waals surface area contributed by atoms with Crippen LogP contribution in [-0.2, 0) is 11.2 Å². The van der Waals surface area contributed by atoms with Gasteiger partial charge in [-0.1, -0.05) is 18.2 Å². The number of nitrogens with zero attached hydrogens (tertiary/aromatic N) is 2. The summed E-state index contributed by atoms with van der Waals surface area (Å²) < 4.78 is 5.43. The van der Waals surface area contributed by atoms with Crippen LogP contribution in [0.4, 0.5) is 4.79 Å². The van der Waals surface area contributed by atoms with Gasteiger partial charge in [-0.05, 0) is 70.4 Å². The first kappa shape index (κ1) is 18.3. The number of carbonyl (C=O) groups is 1. The van der Waals surface area contributed by atoms with E-state index in [9.17, 15) is 4.79 Å². The molecular weight excluding hydrogens is 300 g/mol. The molecule has 0 aromatic heterocycles. The number of aryl methyl sites for hydroxylation is 1. The lowest BCUT2D eigenvalue weighted by Crippen LogP contribution is -2.41. The molecule has 0 bridgehead atoms. The van der Waals surface area contributed by atoms with Gasteiger partial charge < -0.3 is 9.64 Å². The van der Waals surface area contributed by atoms with E-state index in [1.54, 1.807) is 0 Å². The minimum Gasteiger partial charge on any atom is -0.444 e. The van der Waals surface area contributed by atoms with Crippen molar-refractivity contribution < 1.29 is 9.53 Å². The van der Waals surface area contributed by atoms with Gasteiger partial charge in [0.25, 0.3) is 0 Å². The molecule has 0 N–H and O–H groups in total. The molecule has 1 fully saturated rings. The molecule has 1 heterocycles. The molecule has 130 valence electrons. The highest BCUT2D eigenvalue weighted by molar-refractivity contribution is 5.68. The third-order valence-electron chi connectivity index (χ3n) is 4.46. The van der Waals surface area contributed by atoms with E-state index in [2.05, 4.69) is 6.07 Å². The van der Waals surface area contributed by atoms with Crippen molar-refractivity contribution in [1.82, 2.24) is 4.90 Å². The number of hydrogen-bond acceptors (Lipinski definition) is 3. The summed E-state index contributed by atoms with van der Waals surface area (Å²) in [5, 5.41) is 9.13. The predicted octanol–water partition coefficient (Wildman–Crippen LogP) is 4.53. The summed E-state index contributed by atoms with van der Waals surface area (Å²) in [5.74, 6) is 0.665. The zero-order valence-electron chi connectivity index (χ0n) is 15.0. The Kier molecular flexibility index (Phi) is 6.25. The number of carbonyl (C=O) groups excluding carboxylic acids is 1. The number of amides is 1. The number of piperidine rings is 1. The van der Waals surface area contributed by atoms with Crippen molar-refractivity contribution in [3.8, 4) is 6.07 Å². The van der Waals surface area contributed by atoms with Crippen molar-refractivity contribution in [3.05, 3.63) is 35.4 Å². The minimum atomic E-state index is -0.429. The summed E-state index contributed by atoms with van der Waals surface area (Å²) in [4.78, 5) is 13.9. The van der Waals surface area contributed by atoms with Crippen LogP contribution >= 0.6 is 0 Å². The van der Waals surface area contributed by atoms with Crippen LogP contribution in [0.5, 0.6) is 0 Å². The van der Waals surface area contributed by atoms with Crippen LogP contribution in [-0.4, -0.2) is 29.7 Å². The fourth-order valence-electron chi connectivity index (χ4n) is 3.16. The Balaban J connectivity index is 1.72. The maximum Gasteiger partial charge on any atom is 0.410 e. The quantitative estimate of drug-likeness (QED) is 0.816. The average Bonchev–Trinajstić information content (AvgIpc) is 2.54. The lowest BCUT2D eigenvalue weighted by Gasteiger charge is -2.33. The molecule has 4 heteroatoms. The van der Waals surface area contributed by atoms with Gasteiger partial charge in [-0.3, -0.25) is 0 Å². The van der Waals surface area contributed by atoms with Crippen LogP contribution in [0.25, 0.3) is 0 Å². The second-order valence-corrected chi connectivity index (χ2v) is 7.57. The number of nitriles is 1. The van der Waals surface area contributed by atoms with Gasteiger partial charge in [-0.25, -0.2) is 4.79 Å². The Labute approximate surface area is 145 Å². The summed E-state index contributed by atoms with van der Waals surface area (Å²) in [6.45, 7) is 7.27. The van der Waals surface area contributed by atoms with Crippen LogP contribution in [0.3, 0.4) is 0 Å². The fraction of sp³-hybridized carbons (Fsp3) is 0.600. The monoisotopic (exact) mass is 328 g/mol. The van der Waals surface area contributed by atoms with E-state index in [1.165, 1.54) is 0 Å². The van der Waals surface area contributed by atoms with E-state index in [4.69, 9.17) is 10.00 Å². The van der Waals surface area contributed by atoms with Crippen LogP contribution in [0.1, 0.15) is 57.6 Å². The van der Waals surface area contributed by atoms with Crippen molar-refractivity contribution in [2.45, 2.75) is 58.5 Å². The van der Waals surface area contributed by atoms with Gasteiger partial charge in [-0.15, -0.1) is 0 Å². The van der Waals surface area contributed by atoms with Gasteiger partial charge in [0.1, 0.15) is 5.60 Å². The van der Waals surface area contributed by atoms with Crippen molar-refractivity contribution in [2.24, 2.45) is 5.92 Å². The summed E-state index contributed by atoms with van der Waals surface area (Å²) in [6, 6.07) is 10.1. The Morgan fingerprint density at radius 3 is 2.58 bits per heavy atom. The number of hydrogen-bond donors (Lipinski definition) is 0. The molecule has 0 radical (unpaired) electrons. The highest BCUT2D eigenvalue weighted by Gasteiger charge is 2.26. The molecule has 1 aromatic rings. The van der Waals surface area contributed by atoms with Gasteiger partial charge >= 0.3 is 6.09 Å². The Morgan fingerprint density at radius 1 is 1.29 bits per heavy atom. The van der Waals surface area contributed by atoms with Gasteiger partial charge in [0.15, 0.2) is 0 Å².